The first-order valence-corrected chi connectivity index (χ1v) is 8.37. The van der Waals surface area contributed by atoms with Gasteiger partial charge in [-0.1, -0.05) is 26.0 Å². The number of aromatic nitrogens is 2. The lowest BCUT2D eigenvalue weighted by Gasteiger charge is -2.23. The van der Waals surface area contributed by atoms with Gasteiger partial charge in [0.25, 0.3) is 5.56 Å². The fourth-order valence-electron chi connectivity index (χ4n) is 2.60. The molecular formula is C17H18FN3OS. The van der Waals surface area contributed by atoms with Crippen molar-refractivity contribution in [3.8, 4) is 0 Å². The van der Waals surface area contributed by atoms with E-state index in [9.17, 15) is 9.18 Å². The summed E-state index contributed by atoms with van der Waals surface area (Å²) in [7, 11) is 0. The molecule has 1 aromatic carbocycles. The topological polar surface area (TPSA) is 46.4 Å². The number of hydrogen-bond acceptors (Lipinski definition) is 4. The van der Waals surface area contributed by atoms with Crippen molar-refractivity contribution in [1.82, 2.24) is 14.7 Å². The van der Waals surface area contributed by atoms with Crippen LogP contribution < -0.4 is 10.9 Å². The second kappa shape index (κ2) is 6.60. The van der Waals surface area contributed by atoms with Gasteiger partial charge in [0, 0.05) is 30.2 Å². The molecular weight excluding hydrogens is 313 g/mol. The van der Waals surface area contributed by atoms with Crippen molar-refractivity contribution in [2.45, 2.75) is 26.4 Å². The Kier molecular flexibility index (Phi) is 4.54. The molecule has 0 aliphatic heterocycles. The zero-order chi connectivity index (χ0) is 16.4. The molecule has 6 heteroatoms. The molecule has 0 saturated heterocycles. The van der Waals surface area contributed by atoms with Crippen LogP contribution in [-0.4, -0.2) is 9.38 Å². The minimum absolute atomic E-state index is 0.0687. The molecule has 0 fully saturated rings. The first kappa shape index (κ1) is 15.8. The van der Waals surface area contributed by atoms with Gasteiger partial charge in [0.1, 0.15) is 5.82 Å². The third-order valence-electron chi connectivity index (χ3n) is 3.76. The van der Waals surface area contributed by atoms with E-state index in [0.29, 0.717) is 23.1 Å². The smallest absolute Gasteiger partial charge is 0.258 e. The Hall–Kier alpha value is -2.05. The lowest BCUT2D eigenvalue weighted by molar-refractivity contribution is 0.408. The fraction of sp³-hybridized carbons (Fsp3) is 0.294. The Bertz CT molecular complexity index is 854. The van der Waals surface area contributed by atoms with E-state index in [1.165, 1.54) is 27.9 Å². The summed E-state index contributed by atoms with van der Waals surface area (Å²) in [4.78, 5) is 17.2. The highest BCUT2D eigenvalue weighted by Gasteiger charge is 2.16. The van der Waals surface area contributed by atoms with Gasteiger partial charge in [-0.25, -0.2) is 9.37 Å². The third-order valence-corrected chi connectivity index (χ3v) is 4.51. The maximum atomic E-state index is 13.1. The van der Waals surface area contributed by atoms with Crippen LogP contribution in [0.25, 0.3) is 4.96 Å². The van der Waals surface area contributed by atoms with E-state index >= 15 is 0 Å². The molecule has 0 aliphatic carbocycles. The standard InChI is InChI=1S/C17H18FN3OS/c1-11(2)16(12-3-5-13(18)6-4-12)19-10-14-9-15(22)21-7-8-23-17(21)20-14/h3-9,11,16,19H,10H2,1-2H3/t16-/m0/s1. The monoisotopic (exact) mass is 331 g/mol. The largest absolute Gasteiger partial charge is 0.304 e. The summed E-state index contributed by atoms with van der Waals surface area (Å²) in [6.07, 6.45) is 1.72. The third kappa shape index (κ3) is 3.48. The van der Waals surface area contributed by atoms with Crippen molar-refractivity contribution in [2.24, 2.45) is 5.92 Å². The first-order valence-electron chi connectivity index (χ1n) is 7.49. The number of fused-ring (bicyclic) bond motifs is 1. The maximum absolute atomic E-state index is 13.1. The molecule has 0 aliphatic rings. The fourth-order valence-corrected chi connectivity index (χ4v) is 3.34. The van der Waals surface area contributed by atoms with E-state index in [0.717, 1.165) is 5.56 Å². The molecule has 0 unspecified atom stereocenters. The second-order valence-corrected chi connectivity index (χ2v) is 6.67. The second-order valence-electron chi connectivity index (χ2n) is 5.80. The van der Waals surface area contributed by atoms with E-state index in [4.69, 9.17) is 0 Å². The highest BCUT2D eigenvalue weighted by Crippen LogP contribution is 2.22. The van der Waals surface area contributed by atoms with Gasteiger partial charge < -0.3 is 5.32 Å². The van der Waals surface area contributed by atoms with Crippen molar-refractivity contribution in [3.63, 3.8) is 0 Å². The van der Waals surface area contributed by atoms with Crippen molar-refractivity contribution in [3.05, 3.63) is 69.3 Å². The summed E-state index contributed by atoms with van der Waals surface area (Å²) in [6, 6.07) is 8.13. The zero-order valence-electron chi connectivity index (χ0n) is 13.0. The van der Waals surface area contributed by atoms with Gasteiger partial charge in [-0.15, -0.1) is 11.3 Å². The summed E-state index contributed by atoms with van der Waals surface area (Å²) < 4.78 is 14.6. The first-order chi connectivity index (χ1) is 11.0. The van der Waals surface area contributed by atoms with E-state index < -0.39 is 0 Å². The van der Waals surface area contributed by atoms with Crippen LogP contribution in [0, 0.1) is 11.7 Å². The summed E-state index contributed by atoms with van der Waals surface area (Å²) >= 11 is 1.44. The molecule has 23 heavy (non-hydrogen) atoms. The number of benzene rings is 1. The summed E-state index contributed by atoms with van der Waals surface area (Å²) in [5, 5.41) is 5.27. The highest BCUT2D eigenvalue weighted by atomic mass is 32.1. The molecule has 0 bridgehead atoms. The number of rotatable bonds is 5. The number of hydrogen-bond donors (Lipinski definition) is 1. The molecule has 4 nitrogen and oxygen atoms in total. The molecule has 0 radical (unpaired) electrons. The summed E-state index contributed by atoms with van der Waals surface area (Å²) in [5.74, 6) is 0.0844. The van der Waals surface area contributed by atoms with Gasteiger partial charge >= 0.3 is 0 Å². The molecule has 1 atom stereocenters. The molecule has 0 spiro atoms. The zero-order valence-corrected chi connectivity index (χ0v) is 13.8. The SMILES string of the molecule is CC(C)[C@H](NCc1cc(=O)n2ccsc2n1)c1ccc(F)cc1. The maximum Gasteiger partial charge on any atom is 0.258 e. The Labute approximate surface area is 137 Å². The lowest BCUT2D eigenvalue weighted by Crippen LogP contribution is -2.26. The van der Waals surface area contributed by atoms with Gasteiger partial charge in [-0.3, -0.25) is 9.20 Å². The van der Waals surface area contributed by atoms with Crippen LogP contribution in [0.4, 0.5) is 4.39 Å². The van der Waals surface area contributed by atoms with Gasteiger partial charge in [0.15, 0.2) is 4.96 Å². The van der Waals surface area contributed by atoms with Crippen LogP contribution >= 0.6 is 11.3 Å². The number of halogens is 1. The molecule has 3 rings (SSSR count). The van der Waals surface area contributed by atoms with Crippen LogP contribution in [0.1, 0.15) is 31.1 Å². The Morgan fingerprint density at radius 1 is 1.30 bits per heavy atom. The van der Waals surface area contributed by atoms with Gasteiger partial charge in [0.2, 0.25) is 0 Å². The Balaban J connectivity index is 1.80. The molecule has 1 N–H and O–H groups in total. The quantitative estimate of drug-likeness (QED) is 0.779. The Morgan fingerprint density at radius 2 is 2.04 bits per heavy atom. The molecule has 2 aromatic heterocycles. The van der Waals surface area contributed by atoms with E-state index in [-0.39, 0.29) is 17.4 Å². The summed E-state index contributed by atoms with van der Waals surface area (Å²) in [6.45, 7) is 4.70. The molecule has 3 aromatic rings. The minimum atomic E-state index is -0.242. The predicted octanol–water partition coefficient (Wildman–Crippen LogP) is 3.38. The van der Waals surface area contributed by atoms with E-state index in [2.05, 4.69) is 24.1 Å². The predicted molar refractivity (Wildman–Crippen MR) is 90.2 cm³/mol. The van der Waals surface area contributed by atoms with E-state index in [1.807, 2.05) is 5.38 Å². The highest BCUT2D eigenvalue weighted by molar-refractivity contribution is 7.15. The van der Waals surface area contributed by atoms with Crippen LogP contribution in [-0.2, 0) is 6.54 Å². The Morgan fingerprint density at radius 3 is 2.74 bits per heavy atom. The molecule has 0 amide bonds. The number of nitrogens with one attached hydrogen (secondary N) is 1. The molecule has 2 heterocycles. The average Bonchev–Trinajstić information content (AvgIpc) is 2.98. The van der Waals surface area contributed by atoms with Gasteiger partial charge in [0.05, 0.1) is 5.69 Å². The van der Waals surface area contributed by atoms with Crippen molar-refractivity contribution in [1.29, 1.82) is 0 Å². The minimum Gasteiger partial charge on any atom is -0.304 e. The van der Waals surface area contributed by atoms with Gasteiger partial charge in [-0.05, 0) is 23.6 Å². The van der Waals surface area contributed by atoms with Crippen molar-refractivity contribution >= 4 is 16.3 Å². The van der Waals surface area contributed by atoms with Crippen LogP contribution in [0.3, 0.4) is 0 Å². The normalized spacial score (nSPS) is 12.9. The number of nitrogens with zero attached hydrogens (tertiary/aromatic N) is 2. The molecule has 0 saturated carbocycles. The van der Waals surface area contributed by atoms with Crippen LogP contribution in [0.5, 0.6) is 0 Å². The van der Waals surface area contributed by atoms with Crippen molar-refractivity contribution < 1.29 is 4.39 Å². The lowest BCUT2D eigenvalue weighted by atomic mass is 9.96. The van der Waals surface area contributed by atoms with E-state index in [1.54, 1.807) is 24.4 Å². The average molecular weight is 331 g/mol. The van der Waals surface area contributed by atoms with Crippen LogP contribution in [0.15, 0.2) is 46.7 Å². The van der Waals surface area contributed by atoms with Gasteiger partial charge in [-0.2, -0.15) is 0 Å². The number of thiazole rings is 1. The van der Waals surface area contributed by atoms with Crippen molar-refractivity contribution in [2.75, 3.05) is 0 Å². The summed E-state index contributed by atoms with van der Waals surface area (Å²) in [5.41, 5.74) is 1.66. The van der Waals surface area contributed by atoms with Crippen LogP contribution in [0.2, 0.25) is 0 Å². The molecule has 120 valence electrons.